The summed E-state index contributed by atoms with van der Waals surface area (Å²) >= 11 is 1.02. The lowest BCUT2D eigenvalue weighted by molar-refractivity contribution is -0.109. The monoisotopic (exact) mass is 521 g/mol. The number of carbonyl (C=O) groups is 1. The van der Waals surface area contributed by atoms with Crippen LogP contribution in [0.2, 0.25) is 0 Å². The van der Waals surface area contributed by atoms with Crippen molar-refractivity contribution in [2.24, 2.45) is 0 Å². The number of nitrogens with one attached hydrogen (secondary N) is 1. The maximum Gasteiger partial charge on any atom is 0.407 e. The molecule has 0 saturated carbocycles. The van der Waals surface area contributed by atoms with Crippen molar-refractivity contribution in [1.29, 1.82) is 0 Å². The molecular formula is C19H29FN5O7PS. The Bertz CT molecular complexity index is 1140. The lowest BCUT2D eigenvalue weighted by atomic mass is 9.98. The summed E-state index contributed by atoms with van der Waals surface area (Å²) in [5.41, 5.74) is -2.64. The second kappa shape index (κ2) is 10.5. The quantitative estimate of drug-likeness (QED) is 0.347. The smallest absolute Gasteiger partial charge is 0.387 e. The molecule has 12 nitrogen and oxygen atoms in total. The Labute approximate surface area is 199 Å². The highest BCUT2D eigenvalue weighted by molar-refractivity contribution is 8.13. The van der Waals surface area contributed by atoms with Crippen molar-refractivity contribution in [1.82, 2.24) is 24.2 Å². The van der Waals surface area contributed by atoms with Gasteiger partial charge >= 0.3 is 7.75 Å². The van der Waals surface area contributed by atoms with Crippen molar-refractivity contribution in [3.63, 3.8) is 0 Å². The minimum absolute atomic E-state index is 0.0136. The maximum atomic E-state index is 15.7. The molecule has 2 N–H and O–H groups in total. The third kappa shape index (κ3) is 5.43. The van der Waals surface area contributed by atoms with Crippen LogP contribution < -0.4 is 5.56 Å². The Morgan fingerprint density at radius 3 is 2.79 bits per heavy atom. The van der Waals surface area contributed by atoms with Crippen LogP contribution >= 0.6 is 19.5 Å². The van der Waals surface area contributed by atoms with Crippen molar-refractivity contribution >= 4 is 35.8 Å². The predicted molar refractivity (Wildman–Crippen MR) is 123 cm³/mol. The number of hydrogen-bond acceptors (Lipinski definition) is 10. The van der Waals surface area contributed by atoms with E-state index in [9.17, 15) is 19.3 Å². The summed E-state index contributed by atoms with van der Waals surface area (Å²) in [6.07, 6.45) is -2.55. The molecule has 3 heterocycles. The van der Waals surface area contributed by atoms with Crippen LogP contribution in [-0.4, -0.2) is 85.3 Å². The van der Waals surface area contributed by atoms with Gasteiger partial charge in [-0.05, 0) is 21.0 Å². The van der Waals surface area contributed by atoms with E-state index in [1.165, 1.54) is 36.6 Å². The fourth-order valence-electron chi connectivity index (χ4n) is 3.44. The number of aromatic nitrogens is 4. The van der Waals surface area contributed by atoms with Gasteiger partial charge in [-0.1, -0.05) is 18.7 Å². The SMILES string of the molecule is CCc1nc2c(ncn2[C@@H]2O[C@H](COP(=O)(OCCSC(C)=O)N(C)C)[C@H](O)C2(C)F)c(=O)[nH]1. The number of halogens is 1. The Balaban J connectivity index is 1.78. The molecule has 15 heteroatoms. The number of aryl methyl sites for hydroxylation is 1. The Morgan fingerprint density at radius 2 is 2.18 bits per heavy atom. The minimum Gasteiger partial charge on any atom is -0.387 e. The van der Waals surface area contributed by atoms with Crippen LogP contribution in [0.5, 0.6) is 0 Å². The van der Waals surface area contributed by atoms with Crippen LogP contribution in [0.4, 0.5) is 4.39 Å². The zero-order chi connectivity index (χ0) is 25.3. The summed E-state index contributed by atoms with van der Waals surface area (Å²) in [6.45, 7) is 3.92. The number of aliphatic hydroxyl groups excluding tert-OH is 1. The number of carbonyl (C=O) groups excluding carboxylic acids is 1. The number of aromatic amines is 1. The van der Waals surface area contributed by atoms with Gasteiger partial charge in [0.25, 0.3) is 5.56 Å². The average Bonchev–Trinajstić information content (AvgIpc) is 3.28. The highest BCUT2D eigenvalue weighted by Gasteiger charge is 2.56. The molecule has 2 aromatic heterocycles. The number of alkyl halides is 1. The van der Waals surface area contributed by atoms with Crippen molar-refractivity contribution in [3.8, 4) is 0 Å². The molecule has 1 aliphatic rings. The number of H-pyrrole nitrogens is 1. The van der Waals surface area contributed by atoms with Gasteiger partial charge in [0.15, 0.2) is 28.2 Å². The topological polar surface area (TPSA) is 149 Å². The second-order valence-electron chi connectivity index (χ2n) is 8.10. The van der Waals surface area contributed by atoms with E-state index in [4.69, 9.17) is 13.8 Å². The summed E-state index contributed by atoms with van der Waals surface area (Å²) in [5, 5.41) is 10.5. The molecular weight excluding hydrogens is 492 g/mol. The van der Waals surface area contributed by atoms with E-state index < -0.39 is 44.0 Å². The molecule has 1 saturated heterocycles. The average molecular weight is 522 g/mol. The van der Waals surface area contributed by atoms with Crippen LogP contribution in [0.3, 0.4) is 0 Å². The first-order valence-electron chi connectivity index (χ1n) is 10.6. The molecule has 0 spiro atoms. The van der Waals surface area contributed by atoms with Gasteiger partial charge in [0, 0.05) is 19.1 Å². The van der Waals surface area contributed by atoms with E-state index in [2.05, 4.69) is 15.0 Å². The minimum atomic E-state index is -3.79. The number of imidazole rings is 1. The Hall–Kier alpha value is -1.67. The van der Waals surface area contributed by atoms with Gasteiger partial charge in [-0.2, -0.15) is 0 Å². The van der Waals surface area contributed by atoms with Crippen LogP contribution in [-0.2, 0) is 29.6 Å². The van der Waals surface area contributed by atoms with E-state index in [-0.39, 0.29) is 28.6 Å². The van der Waals surface area contributed by atoms with Crippen LogP contribution in [0.1, 0.15) is 32.8 Å². The first kappa shape index (κ1) is 26.9. The molecule has 0 aromatic carbocycles. The molecule has 1 fully saturated rings. The number of fused-ring (bicyclic) bond motifs is 1. The van der Waals surface area contributed by atoms with Crippen molar-refractivity contribution in [2.45, 2.75) is 51.3 Å². The van der Waals surface area contributed by atoms with E-state index >= 15 is 4.39 Å². The van der Waals surface area contributed by atoms with Crippen molar-refractivity contribution in [2.75, 3.05) is 33.1 Å². The van der Waals surface area contributed by atoms with Crippen LogP contribution in [0, 0.1) is 0 Å². The Morgan fingerprint density at radius 1 is 1.47 bits per heavy atom. The van der Waals surface area contributed by atoms with Crippen LogP contribution in [0.15, 0.2) is 11.1 Å². The molecule has 5 atom stereocenters. The molecule has 190 valence electrons. The largest absolute Gasteiger partial charge is 0.407 e. The number of hydrogen-bond donors (Lipinski definition) is 2. The molecule has 2 aromatic rings. The van der Waals surface area contributed by atoms with E-state index in [1.54, 1.807) is 6.92 Å². The van der Waals surface area contributed by atoms with Gasteiger partial charge in [-0.25, -0.2) is 23.6 Å². The predicted octanol–water partition coefficient (Wildman–Crippen LogP) is 1.65. The van der Waals surface area contributed by atoms with Crippen molar-refractivity contribution in [3.05, 3.63) is 22.5 Å². The first-order valence-corrected chi connectivity index (χ1v) is 13.1. The van der Waals surface area contributed by atoms with Gasteiger partial charge in [0.1, 0.15) is 18.0 Å². The highest BCUT2D eigenvalue weighted by atomic mass is 32.2. The number of nitrogens with zero attached hydrogens (tertiary/aromatic N) is 4. The molecule has 0 radical (unpaired) electrons. The third-order valence-electron chi connectivity index (χ3n) is 5.32. The fourth-order valence-corrected chi connectivity index (χ4v) is 5.21. The van der Waals surface area contributed by atoms with Crippen LogP contribution in [0.25, 0.3) is 11.2 Å². The summed E-state index contributed by atoms with van der Waals surface area (Å²) in [5.74, 6) is 0.675. The number of thioether (sulfide) groups is 1. The summed E-state index contributed by atoms with van der Waals surface area (Å²) < 4.78 is 47.8. The van der Waals surface area contributed by atoms with E-state index in [0.29, 0.717) is 12.2 Å². The van der Waals surface area contributed by atoms with Gasteiger partial charge < -0.3 is 14.8 Å². The second-order valence-corrected chi connectivity index (χ2v) is 11.6. The standard InChI is InChI=1S/C19H29FN5O7PS/c1-6-13-22-16-14(17(28)23-13)21-10-25(16)18-19(3,20)15(27)12(32-18)9-31-33(29,24(4)5)30-7-8-34-11(2)26/h10,12,15,18,27H,6-9H2,1-5H3,(H,22,23,28)/t12-,15+,18-,19?,33?/m1/s1. The molecule has 34 heavy (non-hydrogen) atoms. The zero-order valence-corrected chi connectivity index (χ0v) is 21.3. The molecule has 0 aliphatic carbocycles. The molecule has 0 bridgehead atoms. The fraction of sp³-hybridized carbons (Fsp3) is 0.684. The van der Waals surface area contributed by atoms with Crippen molar-refractivity contribution < 1.29 is 32.6 Å². The lowest BCUT2D eigenvalue weighted by Crippen LogP contribution is -2.40. The maximum absolute atomic E-state index is 15.7. The summed E-state index contributed by atoms with van der Waals surface area (Å²) in [7, 11) is -0.820. The van der Waals surface area contributed by atoms with Gasteiger partial charge in [0.2, 0.25) is 0 Å². The van der Waals surface area contributed by atoms with E-state index in [0.717, 1.165) is 18.7 Å². The number of rotatable bonds is 10. The van der Waals surface area contributed by atoms with Gasteiger partial charge in [-0.3, -0.25) is 23.2 Å². The summed E-state index contributed by atoms with van der Waals surface area (Å²) in [4.78, 5) is 34.2. The summed E-state index contributed by atoms with van der Waals surface area (Å²) in [6, 6.07) is 0. The molecule has 3 rings (SSSR count). The lowest BCUT2D eigenvalue weighted by Gasteiger charge is -2.26. The van der Waals surface area contributed by atoms with Gasteiger partial charge in [-0.15, -0.1) is 0 Å². The normalized spacial score (nSPS) is 26.9. The first-order chi connectivity index (χ1) is 15.9. The number of aliphatic hydroxyl groups is 1. The number of ether oxygens (including phenoxy) is 1. The Kier molecular flexibility index (Phi) is 8.33. The molecule has 0 amide bonds. The molecule has 2 unspecified atom stereocenters. The third-order valence-corrected chi connectivity index (χ3v) is 8.06. The molecule has 1 aliphatic heterocycles. The van der Waals surface area contributed by atoms with E-state index in [1.807, 2.05) is 0 Å². The van der Waals surface area contributed by atoms with Gasteiger partial charge in [0.05, 0.1) is 19.5 Å². The zero-order valence-electron chi connectivity index (χ0n) is 19.6. The highest BCUT2D eigenvalue weighted by Crippen LogP contribution is 2.51.